The van der Waals surface area contributed by atoms with Gasteiger partial charge in [-0.3, -0.25) is 4.79 Å². The molecule has 2 nitrogen and oxygen atoms in total. The van der Waals surface area contributed by atoms with Crippen molar-refractivity contribution in [2.24, 2.45) is 0 Å². The highest BCUT2D eigenvalue weighted by Gasteiger charge is 2.21. The van der Waals surface area contributed by atoms with E-state index in [1.807, 2.05) is 0 Å². The minimum atomic E-state index is -0.808. The summed E-state index contributed by atoms with van der Waals surface area (Å²) < 4.78 is 19.6. The van der Waals surface area contributed by atoms with E-state index in [2.05, 4.69) is 15.9 Å². The highest BCUT2D eigenvalue weighted by Crippen LogP contribution is 2.22. The minimum absolute atomic E-state index is 0.00565. The molecule has 0 fully saturated rings. The molecule has 0 radical (unpaired) electrons. The molecular formula is C15H11BrClFO2. The second-order valence-electron chi connectivity index (χ2n) is 4.18. The van der Waals surface area contributed by atoms with Crippen LogP contribution in [0.5, 0.6) is 5.75 Å². The van der Waals surface area contributed by atoms with Crippen molar-refractivity contribution in [2.45, 2.75) is 13.0 Å². The molecule has 0 spiro atoms. The summed E-state index contributed by atoms with van der Waals surface area (Å²) in [5.41, 5.74) is -0.00565. The average molecular weight is 358 g/mol. The van der Waals surface area contributed by atoms with Crippen LogP contribution >= 0.6 is 27.5 Å². The van der Waals surface area contributed by atoms with Gasteiger partial charge < -0.3 is 4.74 Å². The van der Waals surface area contributed by atoms with Crippen molar-refractivity contribution in [3.05, 3.63) is 63.3 Å². The molecule has 20 heavy (non-hydrogen) atoms. The van der Waals surface area contributed by atoms with Crippen LogP contribution in [0.1, 0.15) is 17.3 Å². The number of benzene rings is 2. The van der Waals surface area contributed by atoms with E-state index in [9.17, 15) is 9.18 Å². The zero-order chi connectivity index (χ0) is 14.7. The summed E-state index contributed by atoms with van der Waals surface area (Å²) in [5, 5.41) is 0.510. The van der Waals surface area contributed by atoms with Crippen LogP contribution in [-0.4, -0.2) is 11.9 Å². The van der Waals surface area contributed by atoms with Gasteiger partial charge in [-0.25, -0.2) is 4.39 Å². The summed E-state index contributed by atoms with van der Waals surface area (Å²) in [6, 6.07) is 11.3. The van der Waals surface area contributed by atoms with Crippen LogP contribution in [0.3, 0.4) is 0 Å². The van der Waals surface area contributed by atoms with Gasteiger partial charge in [-0.1, -0.05) is 23.7 Å². The Balaban J connectivity index is 2.19. The largest absolute Gasteiger partial charge is 0.483 e. The molecule has 0 aliphatic rings. The second kappa shape index (κ2) is 6.37. The minimum Gasteiger partial charge on any atom is -0.483 e. The van der Waals surface area contributed by atoms with Gasteiger partial charge in [0.1, 0.15) is 11.6 Å². The lowest BCUT2D eigenvalue weighted by atomic mass is 10.1. The summed E-state index contributed by atoms with van der Waals surface area (Å²) in [7, 11) is 0. The number of ketones is 1. The molecule has 0 saturated carbocycles. The Morgan fingerprint density at radius 3 is 2.70 bits per heavy atom. The lowest BCUT2D eigenvalue weighted by Crippen LogP contribution is -2.24. The van der Waals surface area contributed by atoms with E-state index >= 15 is 0 Å². The van der Waals surface area contributed by atoms with Gasteiger partial charge in [0, 0.05) is 5.02 Å². The first-order chi connectivity index (χ1) is 9.49. The first-order valence-electron chi connectivity index (χ1n) is 5.89. The number of ether oxygens (including phenoxy) is 1. The van der Waals surface area contributed by atoms with Gasteiger partial charge >= 0.3 is 0 Å². The third-order valence-corrected chi connectivity index (χ3v) is 3.54. The van der Waals surface area contributed by atoms with Gasteiger partial charge in [0.15, 0.2) is 6.10 Å². The SMILES string of the molecule is CC(Oc1cccc(Cl)c1)C(=O)c1cccc(Br)c1F. The molecule has 0 amide bonds. The molecule has 2 aromatic rings. The van der Waals surface area contributed by atoms with E-state index < -0.39 is 17.7 Å². The fourth-order valence-electron chi connectivity index (χ4n) is 1.71. The Morgan fingerprint density at radius 1 is 1.30 bits per heavy atom. The van der Waals surface area contributed by atoms with Gasteiger partial charge in [-0.15, -0.1) is 0 Å². The van der Waals surface area contributed by atoms with Crippen molar-refractivity contribution in [2.75, 3.05) is 0 Å². The van der Waals surface area contributed by atoms with Crippen molar-refractivity contribution in [1.29, 1.82) is 0 Å². The zero-order valence-electron chi connectivity index (χ0n) is 10.6. The number of rotatable bonds is 4. The molecule has 0 saturated heterocycles. The third kappa shape index (κ3) is 3.38. The van der Waals surface area contributed by atoms with Crippen molar-refractivity contribution >= 4 is 33.3 Å². The van der Waals surface area contributed by atoms with Crippen LogP contribution in [0.2, 0.25) is 5.02 Å². The number of carbonyl (C=O) groups excluding carboxylic acids is 1. The predicted octanol–water partition coefficient (Wildman–Crippen LogP) is 4.89. The maximum absolute atomic E-state index is 13.9. The number of hydrogen-bond acceptors (Lipinski definition) is 2. The summed E-state index contributed by atoms with van der Waals surface area (Å²) in [5.74, 6) is -0.545. The van der Waals surface area contributed by atoms with E-state index in [1.165, 1.54) is 12.1 Å². The van der Waals surface area contributed by atoms with Crippen molar-refractivity contribution in [3.8, 4) is 5.75 Å². The molecule has 0 aliphatic carbocycles. The topological polar surface area (TPSA) is 26.3 Å². The Labute approximate surface area is 129 Å². The van der Waals surface area contributed by atoms with Crippen LogP contribution in [0, 0.1) is 5.82 Å². The van der Waals surface area contributed by atoms with Gasteiger partial charge in [0.05, 0.1) is 10.0 Å². The molecular weight excluding hydrogens is 347 g/mol. The highest BCUT2D eigenvalue weighted by molar-refractivity contribution is 9.10. The zero-order valence-corrected chi connectivity index (χ0v) is 12.9. The summed E-state index contributed by atoms with van der Waals surface area (Å²) in [4.78, 5) is 12.2. The Bertz CT molecular complexity index is 646. The Kier molecular flexibility index (Phi) is 4.78. The van der Waals surface area contributed by atoms with Crippen LogP contribution in [0.4, 0.5) is 4.39 Å². The van der Waals surface area contributed by atoms with Crippen LogP contribution in [0.15, 0.2) is 46.9 Å². The number of halogens is 3. The monoisotopic (exact) mass is 356 g/mol. The normalized spacial score (nSPS) is 12.0. The third-order valence-electron chi connectivity index (χ3n) is 2.70. The Morgan fingerprint density at radius 2 is 2.00 bits per heavy atom. The quantitative estimate of drug-likeness (QED) is 0.728. The molecule has 0 N–H and O–H groups in total. The predicted molar refractivity (Wildman–Crippen MR) is 80.0 cm³/mol. The molecule has 0 bridgehead atoms. The van der Waals surface area contributed by atoms with Crippen molar-refractivity contribution < 1.29 is 13.9 Å². The molecule has 104 valence electrons. The highest BCUT2D eigenvalue weighted by atomic mass is 79.9. The lowest BCUT2D eigenvalue weighted by Gasteiger charge is -2.14. The van der Waals surface area contributed by atoms with Crippen LogP contribution in [0.25, 0.3) is 0 Å². The smallest absolute Gasteiger partial charge is 0.205 e. The fourth-order valence-corrected chi connectivity index (χ4v) is 2.26. The van der Waals surface area contributed by atoms with E-state index in [0.29, 0.717) is 10.8 Å². The molecule has 1 atom stereocenters. The van der Waals surface area contributed by atoms with Crippen LogP contribution < -0.4 is 4.74 Å². The van der Waals surface area contributed by atoms with E-state index in [1.54, 1.807) is 37.3 Å². The molecule has 2 aromatic carbocycles. The first-order valence-corrected chi connectivity index (χ1v) is 7.06. The van der Waals surface area contributed by atoms with Gasteiger partial charge in [-0.05, 0) is 53.2 Å². The molecule has 0 aliphatic heterocycles. The maximum atomic E-state index is 13.9. The first kappa shape index (κ1) is 15.0. The number of carbonyl (C=O) groups is 1. The van der Waals surface area contributed by atoms with Gasteiger partial charge in [-0.2, -0.15) is 0 Å². The number of Topliss-reactive ketones (excluding diaryl/α,β-unsaturated/α-hetero) is 1. The average Bonchev–Trinajstić information content (AvgIpc) is 2.41. The molecule has 0 heterocycles. The molecule has 5 heteroatoms. The standard InChI is InChI=1S/C15H11BrClFO2/c1-9(20-11-5-2-4-10(17)8-11)15(19)12-6-3-7-13(16)14(12)18/h2-9H,1H3. The van der Waals surface area contributed by atoms with Gasteiger partial charge in [0.2, 0.25) is 5.78 Å². The van der Waals surface area contributed by atoms with Crippen molar-refractivity contribution in [3.63, 3.8) is 0 Å². The van der Waals surface area contributed by atoms with E-state index in [0.717, 1.165) is 0 Å². The summed E-state index contributed by atoms with van der Waals surface area (Å²) >= 11 is 8.89. The lowest BCUT2D eigenvalue weighted by molar-refractivity contribution is 0.0813. The summed E-state index contributed by atoms with van der Waals surface area (Å²) in [6.45, 7) is 1.57. The van der Waals surface area contributed by atoms with Crippen molar-refractivity contribution in [1.82, 2.24) is 0 Å². The van der Waals surface area contributed by atoms with Crippen LogP contribution in [-0.2, 0) is 0 Å². The van der Waals surface area contributed by atoms with Gasteiger partial charge in [0.25, 0.3) is 0 Å². The maximum Gasteiger partial charge on any atom is 0.205 e. The molecule has 1 unspecified atom stereocenters. The summed E-state index contributed by atoms with van der Waals surface area (Å²) in [6.07, 6.45) is -0.808. The molecule has 0 aromatic heterocycles. The Hall–Kier alpha value is -1.39. The van der Waals surface area contributed by atoms with E-state index in [4.69, 9.17) is 16.3 Å². The van der Waals surface area contributed by atoms with E-state index in [-0.39, 0.29) is 10.0 Å². The second-order valence-corrected chi connectivity index (χ2v) is 5.47. The fraction of sp³-hybridized carbons (Fsp3) is 0.133. The molecule has 2 rings (SSSR count). The number of hydrogen-bond donors (Lipinski definition) is 0.